The van der Waals surface area contributed by atoms with E-state index in [1.165, 1.54) is 24.3 Å². The Labute approximate surface area is 115 Å². The van der Waals surface area contributed by atoms with Gasteiger partial charge in [-0.3, -0.25) is 4.79 Å². The first-order valence-electron chi connectivity index (χ1n) is 7.04. The predicted molar refractivity (Wildman–Crippen MR) is 78.1 cm³/mol. The van der Waals surface area contributed by atoms with E-state index in [4.69, 9.17) is 0 Å². The molecule has 1 rings (SSSR count). The second-order valence-electron chi connectivity index (χ2n) is 5.81. The van der Waals surface area contributed by atoms with E-state index in [0.29, 0.717) is 18.5 Å². The normalized spacial score (nSPS) is 20.9. The molecule has 1 saturated heterocycles. The fourth-order valence-electron chi connectivity index (χ4n) is 2.55. The summed E-state index contributed by atoms with van der Waals surface area (Å²) in [7, 11) is 0. The molecule has 1 aliphatic heterocycles. The van der Waals surface area contributed by atoms with Crippen molar-refractivity contribution in [2.24, 2.45) is 17.8 Å². The topological polar surface area (TPSA) is 49.3 Å². The Morgan fingerprint density at radius 3 is 2.44 bits per heavy atom. The fourth-order valence-corrected chi connectivity index (χ4v) is 3.69. The molecule has 0 amide bonds. The summed E-state index contributed by atoms with van der Waals surface area (Å²) in [4.78, 5) is 11.2. The van der Waals surface area contributed by atoms with Gasteiger partial charge in [-0.25, -0.2) is 0 Å². The number of nitrogens with one attached hydrogen (secondary N) is 1. The standard InChI is InChI=1S/C14H27NO2S/c1-10(2)8-13(14(16)17)9-15-11(3)12-4-6-18-7-5-12/h10-13,15H,4-9H2,1-3H3,(H,16,17). The maximum atomic E-state index is 11.2. The van der Waals surface area contributed by atoms with Crippen LogP contribution >= 0.6 is 11.8 Å². The third-order valence-corrected chi connectivity index (χ3v) is 4.81. The monoisotopic (exact) mass is 273 g/mol. The van der Waals surface area contributed by atoms with E-state index >= 15 is 0 Å². The van der Waals surface area contributed by atoms with Crippen LogP contribution < -0.4 is 5.32 Å². The Hall–Kier alpha value is -0.220. The fraction of sp³-hybridized carbons (Fsp3) is 0.929. The molecule has 106 valence electrons. The summed E-state index contributed by atoms with van der Waals surface area (Å²) in [5.74, 6) is 2.76. The molecule has 2 unspecified atom stereocenters. The molecule has 4 heteroatoms. The largest absolute Gasteiger partial charge is 0.481 e. The van der Waals surface area contributed by atoms with Crippen molar-refractivity contribution in [2.75, 3.05) is 18.1 Å². The highest BCUT2D eigenvalue weighted by Crippen LogP contribution is 2.25. The summed E-state index contributed by atoms with van der Waals surface area (Å²) in [6.45, 7) is 6.97. The number of hydrogen-bond acceptors (Lipinski definition) is 3. The molecule has 0 saturated carbocycles. The number of carboxylic acids is 1. The number of aliphatic carboxylic acids is 1. The minimum absolute atomic E-state index is 0.245. The Balaban J connectivity index is 2.33. The summed E-state index contributed by atoms with van der Waals surface area (Å²) in [5, 5.41) is 12.7. The Bertz CT molecular complexity index is 252. The Morgan fingerprint density at radius 2 is 1.94 bits per heavy atom. The van der Waals surface area contributed by atoms with Crippen LogP contribution in [0.15, 0.2) is 0 Å². The Morgan fingerprint density at radius 1 is 1.33 bits per heavy atom. The molecule has 0 spiro atoms. The highest BCUT2D eigenvalue weighted by molar-refractivity contribution is 7.99. The average molecular weight is 273 g/mol. The lowest BCUT2D eigenvalue weighted by Gasteiger charge is -2.29. The molecule has 0 aromatic heterocycles. The minimum Gasteiger partial charge on any atom is -0.481 e. The second kappa shape index (κ2) is 8.05. The molecular formula is C14H27NO2S. The summed E-state index contributed by atoms with van der Waals surface area (Å²) < 4.78 is 0. The second-order valence-corrected chi connectivity index (χ2v) is 7.04. The highest BCUT2D eigenvalue weighted by Gasteiger charge is 2.23. The van der Waals surface area contributed by atoms with Crippen molar-refractivity contribution in [3.8, 4) is 0 Å². The van der Waals surface area contributed by atoms with Crippen LogP contribution in [-0.4, -0.2) is 35.2 Å². The van der Waals surface area contributed by atoms with Gasteiger partial charge < -0.3 is 10.4 Å². The van der Waals surface area contributed by atoms with Gasteiger partial charge in [0.25, 0.3) is 0 Å². The zero-order valence-electron chi connectivity index (χ0n) is 11.8. The number of thioether (sulfide) groups is 1. The molecule has 0 radical (unpaired) electrons. The number of rotatable bonds is 7. The van der Waals surface area contributed by atoms with Crippen LogP contribution in [0, 0.1) is 17.8 Å². The maximum absolute atomic E-state index is 11.2. The zero-order chi connectivity index (χ0) is 13.5. The van der Waals surface area contributed by atoms with Gasteiger partial charge in [-0.15, -0.1) is 0 Å². The highest BCUT2D eigenvalue weighted by atomic mass is 32.2. The lowest BCUT2D eigenvalue weighted by molar-refractivity contribution is -0.142. The SMILES string of the molecule is CC(C)CC(CNC(C)C1CCSCC1)C(=O)O. The van der Waals surface area contributed by atoms with E-state index in [1.807, 2.05) is 11.8 Å². The molecule has 0 aromatic carbocycles. The van der Waals surface area contributed by atoms with Crippen molar-refractivity contribution in [3.63, 3.8) is 0 Å². The first kappa shape index (κ1) is 15.8. The maximum Gasteiger partial charge on any atom is 0.307 e. The van der Waals surface area contributed by atoms with Crippen LogP contribution in [-0.2, 0) is 4.79 Å². The van der Waals surface area contributed by atoms with Crippen molar-refractivity contribution in [2.45, 2.75) is 46.1 Å². The van der Waals surface area contributed by atoms with E-state index < -0.39 is 5.97 Å². The van der Waals surface area contributed by atoms with Gasteiger partial charge in [-0.05, 0) is 49.5 Å². The molecule has 1 fully saturated rings. The number of carboxylic acid groups (broad SMARTS) is 1. The molecule has 0 bridgehead atoms. The van der Waals surface area contributed by atoms with Gasteiger partial charge >= 0.3 is 5.97 Å². The first-order valence-corrected chi connectivity index (χ1v) is 8.20. The van der Waals surface area contributed by atoms with E-state index in [-0.39, 0.29) is 5.92 Å². The molecule has 1 aliphatic rings. The van der Waals surface area contributed by atoms with Gasteiger partial charge in [-0.1, -0.05) is 13.8 Å². The smallest absolute Gasteiger partial charge is 0.307 e. The van der Waals surface area contributed by atoms with Gasteiger partial charge in [0.05, 0.1) is 5.92 Å². The lowest BCUT2D eigenvalue weighted by Crippen LogP contribution is -2.40. The van der Waals surface area contributed by atoms with Gasteiger partial charge in [0.15, 0.2) is 0 Å². The quantitative estimate of drug-likeness (QED) is 0.749. The summed E-state index contributed by atoms with van der Waals surface area (Å²) >= 11 is 2.03. The van der Waals surface area contributed by atoms with Crippen LogP contribution in [0.3, 0.4) is 0 Å². The Kier molecular flexibility index (Phi) is 7.08. The van der Waals surface area contributed by atoms with E-state index in [2.05, 4.69) is 26.1 Å². The van der Waals surface area contributed by atoms with Crippen molar-refractivity contribution in [1.29, 1.82) is 0 Å². The van der Waals surface area contributed by atoms with Crippen LogP contribution in [0.25, 0.3) is 0 Å². The average Bonchev–Trinajstić information content (AvgIpc) is 2.34. The lowest BCUT2D eigenvalue weighted by atomic mass is 9.93. The third kappa shape index (κ3) is 5.61. The van der Waals surface area contributed by atoms with Crippen LogP contribution in [0.5, 0.6) is 0 Å². The molecule has 1 heterocycles. The number of carbonyl (C=O) groups is 1. The van der Waals surface area contributed by atoms with Crippen molar-refractivity contribution < 1.29 is 9.90 Å². The van der Waals surface area contributed by atoms with Crippen molar-refractivity contribution in [3.05, 3.63) is 0 Å². The van der Waals surface area contributed by atoms with E-state index in [9.17, 15) is 9.90 Å². The van der Waals surface area contributed by atoms with Crippen molar-refractivity contribution in [1.82, 2.24) is 5.32 Å². The molecule has 2 atom stereocenters. The van der Waals surface area contributed by atoms with E-state index in [0.717, 1.165) is 12.3 Å². The molecule has 2 N–H and O–H groups in total. The van der Waals surface area contributed by atoms with Crippen LogP contribution in [0.4, 0.5) is 0 Å². The summed E-state index contributed by atoms with van der Waals surface area (Å²) in [6, 6.07) is 0.444. The van der Waals surface area contributed by atoms with E-state index in [1.54, 1.807) is 0 Å². The zero-order valence-corrected chi connectivity index (χ0v) is 12.6. The predicted octanol–water partition coefficient (Wildman–Crippen LogP) is 2.85. The molecule has 0 aliphatic carbocycles. The van der Waals surface area contributed by atoms with Gasteiger partial charge in [0.2, 0.25) is 0 Å². The van der Waals surface area contributed by atoms with Gasteiger partial charge in [0, 0.05) is 12.6 Å². The van der Waals surface area contributed by atoms with Crippen LogP contribution in [0.1, 0.15) is 40.0 Å². The van der Waals surface area contributed by atoms with Gasteiger partial charge in [-0.2, -0.15) is 11.8 Å². The third-order valence-electron chi connectivity index (χ3n) is 3.76. The molecular weight excluding hydrogens is 246 g/mol. The van der Waals surface area contributed by atoms with Crippen LogP contribution in [0.2, 0.25) is 0 Å². The summed E-state index contributed by atoms with van der Waals surface area (Å²) in [6.07, 6.45) is 3.29. The van der Waals surface area contributed by atoms with Crippen molar-refractivity contribution >= 4 is 17.7 Å². The number of hydrogen-bond donors (Lipinski definition) is 2. The van der Waals surface area contributed by atoms with Gasteiger partial charge in [0.1, 0.15) is 0 Å². The molecule has 0 aromatic rings. The summed E-state index contributed by atoms with van der Waals surface area (Å²) in [5.41, 5.74) is 0. The minimum atomic E-state index is -0.664. The first-order chi connectivity index (χ1) is 8.50. The molecule has 3 nitrogen and oxygen atoms in total. The molecule has 18 heavy (non-hydrogen) atoms.